The highest BCUT2D eigenvalue weighted by molar-refractivity contribution is 5.96. The third-order valence-electron chi connectivity index (χ3n) is 2.91. The highest BCUT2D eigenvalue weighted by atomic mass is 19.3. The molecule has 0 aliphatic heterocycles. The van der Waals surface area contributed by atoms with Gasteiger partial charge >= 0.3 is 6.61 Å². The predicted octanol–water partition coefficient (Wildman–Crippen LogP) is 2.39. The summed E-state index contributed by atoms with van der Waals surface area (Å²) in [6.07, 6.45) is 1.70. The summed E-state index contributed by atoms with van der Waals surface area (Å²) in [5, 5.41) is 2.69. The number of rotatable bonds is 8. The van der Waals surface area contributed by atoms with Gasteiger partial charge in [0.15, 0.2) is 0 Å². The molecule has 6 heteroatoms. The Morgan fingerprint density at radius 1 is 1.40 bits per heavy atom. The van der Waals surface area contributed by atoms with Gasteiger partial charge in [0.2, 0.25) is 0 Å². The van der Waals surface area contributed by atoms with Gasteiger partial charge < -0.3 is 15.8 Å². The summed E-state index contributed by atoms with van der Waals surface area (Å²) in [6, 6.07) is 5.94. The van der Waals surface area contributed by atoms with Crippen LogP contribution >= 0.6 is 0 Å². The number of hydrogen-bond donors (Lipinski definition) is 2. The van der Waals surface area contributed by atoms with Crippen molar-refractivity contribution in [1.29, 1.82) is 0 Å². The van der Waals surface area contributed by atoms with Gasteiger partial charge in [-0.2, -0.15) is 8.78 Å². The maximum atomic E-state index is 12.2. The first-order chi connectivity index (χ1) is 9.54. The molecule has 0 heterocycles. The molecule has 20 heavy (non-hydrogen) atoms. The zero-order chi connectivity index (χ0) is 15.0. The molecule has 4 nitrogen and oxygen atoms in total. The van der Waals surface area contributed by atoms with Gasteiger partial charge in [-0.15, -0.1) is 0 Å². The summed E-state index contributed by atoms with van der Waals surface area (Å²) in [5.74, 6) is -0.127. The quantitative estimate of drug-likeness (QED) is 0.721. The molecule has 1 amide bonds. The topological polar surface area (TPSA) is 64.3 Å². The molecule has 112 valence electrons. The lowest BCUT2D eigenvalue weighted by molar-refractivity contribution is -0.0501. The van der Waals surface area contributed by atoms with Crippen molar-refractivity contribution in [3.63, 3.8) is 0 Å². The smallest absolute Gasteiger partial charge is 0.387 e. The van der Waals surface area contributed by atoms with Crippen LogP contribution in [0.5, 0.6) is 5.75 Å². The number of halogens is 2. The maximum absolute atomic E-state index is 12.2. The normalized spacial score (nSPS) is 12.2. The summed E-state index contributed by atoms with van der Waals surface area (Å²) < 4.78 is 28.8. The van der Waals surface area contributed by atoms with Gasteiger partial charge in [0.25, 0.3) is 5.91 Å². The van der Waals surface area contributed by atoms with Crippen molar-refractivity contribution in [3.05, 3.63) is 29.8 Å². The second kappa shape index (κ2) is 8.47. The highest BCUT2D eigenvalue weighted by Gasteiger charge is 2.14. The van der Waals surface area contributed by atoms with Gasteiger partial charge in [-0.1, -0.05) is 19.1 Å². The van der Waals surface area contributed by atoms with Crippen molar-refractivity contribution >= 4 is 5.91 Å². The van der Waals surface area contributed by atoms with E-state index >= 15 is 0 Å². The van der Waals surface area contributed by atoms with Crippen LogP contribution in [0.4, 0.5) is 8.78 Å². The number of amides is 1. The van der Waals surface area contributed by atoms with Crippen molar-refractivity contribution in [2.24, 2.45) is 11.7 Å². The van der Waals surface area contributed by atoms with E-state index in [0.29, 0.717) is 19.0 Å². The molecule has 0 aromatic heterocycles. The molecular weight excluding hydrogens is 266 g/mol. The molecule has 1 aromatic rings. The molecule has 0 saturated carbocycles. The van der Waals surface area contributed by atoms with E-state index in [1.54, 1.807) is 6.07 Å². The lowest BCUT2D eigenvalue weighted by Gasteiger charge is -2.11. The average molecular weight is 286 g/mol. The molecule has 0 spiro atoms. The zero-order valence-corrected chi connectivity index (χ0v) is 11.4. The van der Waals surface area contributed by atoms with Crippen LogP contribution in [0.1, 0.15) is 30.1 Å². The van der Waals surface area contributed by atoms with E-state index < -0.39 is 12.5 Å². The van der Waals surface area contributed by atoms with Crippen molar-refractivity contribution in [2.45, 2.75) is 26.4 Å². The largest absolute Gasteiger partial charge is 0.434 e. The Kier molecular flexibility index (Phi) is 6.93. The van der Waals surface area contributed by atoms with Gasteiger partial charge in [-0.05, 0) is 37.4 Å². The van der Waals surface area contributed by atoms with Crippen LogP contribution in [0.25, 0.3) is 0 Å². The number of nitrogens with one attached hydrogen (secondary N) is 1. The van der Waals surface area contributed by atoms with Crippen molar-refractivity contribution < 1.29 is 18.3 Å². The lowest BCUT2D eigenvalue weighted by Crippen LogP contribution is -2.26. The molecule has 0 aliphatic rings. The van der Waals surface area contributed by atoms with Crippen LogP contribution in [0.15, 0.2) is 24.3 Å². The van der Waals surface area contributed by atoms with Gasteiger partial charge in [0, 0.05) is 6.54 Å². The molecule has 0 saturated heterocycles. The monoisotopic (exact) mass is 286 g/mol. The number of hydrogen-bond acceptors (Lipinski definition) is 3. The number of nitrogens with two attached hydrogens (primary N) is 1. The van der Waals surface area contributed by atoms with E-state index in [1.165, 1.54) is 18.2 Å². The Bertz CT molecular complexity index is 427. The number of carbonyl (C=O) groups excluding carboxylic acids is 1. The van der Waals surface area contributed by atoms with Crippen molar-refractivity contribution in [1.82, 2.24) is 5.32 Å². The number of para-hydroxylation sites is 1. The van der Waals surface area contributed by atoms with E-state index in [9.17, 15) is 13.6 Å². The Labute approximate surface area is 117 Å². The summed E-state index contributed by atoms with van der Waals surface area (Å²) in [6.45, 7) is 0.174. The van der Waals surface area contributed by atoms with Crippen LogP contribution < -0.4 is 15.8 Å². The van der Waals surface area contributed by atoms with Crippen LogP contribution in [0, 0.1) is 5.92 Å². The second-order valence-electron chi connectivity index (χ2n) is 4.61. The minimum absolute atomic E-state index is 0.111. The van der Waals surface area contributed by atoms with Crippen molar-refractivity contribution in [3.8, 4) is 5.75 Å². The van der Waals surface area contributed by atoms with Crippen LogP contribution in [0.2, 0.25) is 0 Å². The number of benzene rings is 1. The standard InChI is InChI=1S/C14H20F2N2O2/c1-10(9-17)5-4-8-18-13(19)11-6-2-3-7-12(11)20-14(15)16/h2-3,6-7,10,14H,4-5,8-9,17H2,1H3,(H,18,19). The minimum atomic E-state index is -2.95. The molecule has 1 rings (SSSR count). The summed E-state index contributed by atoms with van der Waals surface area (Å²) in [7, 11) is 0. The molecule has 0 fully saturated rings. The fraction of sp³-hybridized carbons (Fsp3) is 0.500. The molecule has 1 unspecified atom stereocenters. The van der Waals surface area contributed by atoms with Crippen LogP contribution in [-0.2, 0) is 0 Å². The third-order valence-corrected chi connectivity index (χ3v) is 2.91. The molecule has 3 N–H and O–H groups in total. The van der Waals surface area contributed by atoms with E-state index in [-0.39, 0.29) is 11.3 Å². The fourth-order valence-electron chi connectivity index (χ4n) is 1.72. The average Bonchev–Trinajstić information content (AvgIpc) is 2.43. The molecule has 1 aromatic carbocycles. The number of alkyl halides is 2. The Hall–Kier alpha value is -1.69. The summed E-state index contributed by atoms with van der Waals surface area (Å²) in [5.41, 5.74) is 5.61. The summed E-state index contributed by atoms with van der Waals surface area (Å²) >= 11 is 0. The van der Waals surface area contributed by atoms with E-state index in [1.807, 2.05) is 6.92 Å². The first kappa shape index (κ1) is 16.4. The minimum Gasteiger partial charge on any atom is -0.434 e. The van der Waals surface area contributed by atoms with Crippen LogP contribution in [-0.4, -0.2) is 25.6 Å². The predicted molar refractivity (Wildman–Crippen MR) is 72.9 cm³/mol. The highest BCUT2D eigenvalue weighted by Crippen LogP contribution is 2.20. The Morgan fingerprint density at radius 2 is 2.10 bits per heavy atom. The van der Waals surface area contributed by atoms with Crippen molar-refractivity contribution in [2.75, 3.05) is 13.1 Å². The number of carbonyl (C=O) groups is 1. The Balaban J connectivity index is 2.51. The van der Waals surface area contributed by atoms with E-state index in [2.05, 4.69) is 10.1 Å². The molecule has 0 radical (unpaired) electrons. The first-order valence-electron chi connectivity index (χ1n) is 6.56. The van der Waals surface area contributed by atoms with Gasteiger partial charge in [0.1, 0.15) is 5.75 Å². The third kappa shape index (κ3) is 5.52. The lowest BCUT2D eigenvalue weighted by atomic mass is 10.1. The SMILES string of the molecule is CC(CN)CCCNC(=O)c1ccccc1OC(F)F. The van der Waals surface area contributed by atoms with Crippen LogP contribution in [0.3, 0.4) is 0 Å². The van der Waals surface area contributed by atoms with E-state index in [0.717, 1.165) is 12.8 Å². The first-order valence-corrected chi connectivity index (χ1v) is 6.56. The molecule has 1 atom stereocenters. The zero-order valence-electron chi connectivity index (χ0n) is 11.4. The molecule has 0 aliphatic carbocycles. The molecule has 0 bridgehead atoms. The fourth-order valence-corrected chi connectivity index (χ4v) is 1.72. The number of ether oxygens (including phenoxy) is 1. The van der Waals surface area contributed by atoms with E-state index in [4.69, 9.17) is 5.73 Å². The summed E-state index contributed by atoms with van der Waals surface area (Å²) in [4.78, 5) is 11.9. The van der Waals surface area contributed by atoms with Gasteiger partial charge in [0.05, 0.1) is 5.56 Å². The van der Waals surface area contributed by atoms with Gasteiger partial charge in [-0.3, -0.25) is 4.79 Å². The van der Waals surface area contributed by atoms with Gasteiger partial charge in [-0.25, -0.2) is 0 Å². The maximum Gasteiger partial charge on any atom is 0.387 e. The Morgan fingerprint density at radius 3 is 2.75 bits per heavy atom. The second-order valence-corrected chi connectivity index (χ2v) is 4.61. The molecular formula is C14H20F2N2O2.